The van der Waals surface area contributed by atoms with E-state index < -0.39 is 17.6 Å². The third-order valence-electron chi connectivity index (χ3n) is 7.65. The van der Waals surface area contributed by atoms with Crippen molar-refractivity contribution in [2.45, 2.75) is 19.6 Å². The molecule has 1 aliphatic heterocycles. The molecule has 0 atom stereocenters. The lowest BCUT2D eigenvalue weighted by atomic mass is 10.0. The first kappa shape index (κ1) is 32.5. The number of ether oxygens (including phenoxy) is 1. The van der Waals surface area contributed by atoms with Crippen molar-refractivity contribution >= 4 is 23.6 Å². The smallest absolute Gasteiger partial charge is 0.416 e. The zero-order chi connectivity index (χ0) is 32.8. The molecule has 1 fully saturated rings. The van der Waals surface area contributed by atoms with Gasteiger partial charge < -0.3 is 20.3 Å². The standard InChI is InChI=1S/C33H35F3N8O2/c1-21-7-10-25(17-28(21)46-32-26(19-37-2)30(38-3)41-29(42-32)23-6-5-11-39-18-23)40-31(45)22-8-9-24(27(16-22)33(34,35)36)20-44-14-12-43(4)13-15-44/h5-11,16-19H,12-15,20H2,1-4H3,(H,40,45)(H,38,41,42). The van der Waals surface area contributed by atoms with Crippen LogP contribution < -0.4 is 15.4 Å². The Morgan fingerprint density at radius 3 is 2.54 bits per heavy atom. The number of nitrogens with zero attached hydrogens (tertiary/aromatic N) is 6. The molecular weight excluding hydrogens is 597 g/mol. The summed E-state index contributed by atoms with van der Waals surface area (Å²) in [5, 5.41) is 5.76. The van der Waals surface area contributed by atoms with Gasteiger partial charge >= 0.3 is 6.18 Å². The fraction of sp³-hybridized carbons (Fsp3) is 0.303. The predicted molar refractivity (Wildman–Crippen MR) is 172 cm³/mol. The van der Waals surface area contributed by atoms with Gasteiger partial charge in [0.2, 0.25) is 5.88 Å². The Balaban J connectivity index is 1.40. The van der Waals surface area contributed by atoms with Gasteiger partial charge in [-0.05, 0) is 55.4 Å². The molecule has 3 heterocycles. The Hall–Kier alpha value is -4.88. The first-order valence-corrected chi connectivity index (χ1v) is 14.7. The summed E-state index contributed by atoms with van der Waals surface area (Å²) in [5.41, 5.74) is 1.47. The van der Waals surface area contributed by atoms with E-state index in [1.807, 2.05) is 24.9 Å². The Labute approximate surface area is 265 Å². The van der Waals surface area contributed by atoms with Crippen molar-refractivity contribution in [2.75, 3.05) is 58.0 Å². The van der Waals surface area contributed by atoms with E-state index in [4.69, 9.17) is 4.74 Å². The molecule has 0 radical (unpaired) electrons. The number of rotatable bonds is 9. The molecule has 2 N–H and O–H groups in total. The van der Waals surface area contributed by atoms with Gasteiger partial charge in [-0.15, -0.1) is 0 Å². The van der Waals surface area contributed by atoms with Crippen molar-refractivity contribution in [2.24, 2.45) is 4.99 Å². The highest BCUT2D eigenvalue weighted by molar-refractivity contribution is 6.04. The van der Waals surface area contributed by atoms with E-state index in [-0.39, 0.29) is 23.6 Å². The number of amides is 1. The number of carbonyl (C=O) groups is 1. The van der Waals surface area contributed by atoms with Crippen molar-refractivity contribution in [3.05, 3.63) is 88.7 Å². The average Bonchev–Trinajstić information content (AvgIpc) is 3.04. The van der Waals surface area contributed by atoms with Gasteiger partial charge in [-0.25, -0.2) is 4.98 Å². The van der Waals surface area contributed by atoms with Gasteiger partial charge in [0.25, 0.3) is 5.91 Å². The van der Waals surface area contributed by atoms with Crippen LogP contribution in [-0.4, -0.2) is 84.2 Å². The number of piperazine rings is 1. The largest absolute Gasteiger partial charge is 0.438 e. The molecule has 2 aromatic heterocycles. The number of alkyl halides is 3. The molecule has 2 aromatic carbocycles. The number of anilines is 2. The molecule has 0 unspecified atom stereocenters. The molecule has 1 saturated heterocycles. The molecule has 5 rings (SSSR count). The number of nitrogens with one attached hydrogen (secondary N) is 2. The fourth-order valence-corrected chi connectivity index (χ4v) is 5.05. The summed E-state index contributed by atoms with van der Waals surface area (Å²) < 4.78 is 48.6. The maximum atomic E-state index is 14.1. The second kappa shape index (κ2) is 14.0. The van der Waals surface area contributed by atoms with E-state index in [0.29, 0.717) is 47.3 Å². The first-order valence-electron chi connectivity index (χ1n) is 14.7. The maximum absolute atomic E-state index is 14.1. The number of aromatic nitrogens is 3. The van der Waals surface area contributed by atoms with Crippen LogP contribution in [0.15, 0.2) is 65.9 Å². The summed E-state index contributed by atoms with van der Waals surface area (Å²) in [4.78, 5) is 34.8. The highest BCUT2D eigenvalue weighted by Crippen LogP contribution is 2.35. The number of aliphatic imine (C=N–C) groups is 1. The van der Waals surface area contributed by atoms with Crippen LogP contribution >= 0.6 is 0 Å². The lowest BCUT2D eigenvalue weighted by Gasteiger charge is -2.33. The van der Waals surface area contributed by atoms with Crippen LogP contribution in [0.25, 0.3) is 11.4 Å². The van der Waals surface area contributed by atoms with Crippen LogP contribution in [0.5, 0.6) is 11.6 Å². The van der Waals surface area contributed by atoms with Crippen LogP contribution in [0.1, 0.15) is 32.6 Å². The summed E-state index contributed by atoms with van der Waals surface area (Å²) in [7, 11) is 5.32. The Bertz CT molecular complexity index is 1720. The SMILES string of the molecule is CN=Cc1c(NC)nc(-c2cccnc2)nc1Oc1cc(NC(=O)c2ccc(CN3CCN(C)CC3)c(C(F)(F)F)c2)ccc1C. The van der Waals surface area contributed by atoms with Crippen molar-refractivity contribution in [1.82, 2.24) is 24.8 Å². The number of likely N-dealkylation sites (N-methyl/N-ethyl adjacent to an activating group) is 1. The van der Waals surface area contributed by atoms with Gasteiger partial charge in [0.15, 0.2) is 5.82 Å². The number of pyridine rings is 1. The molecule has 46 heavy (non-hydrogen) atoms. The molecule has 13 heteroatoms. The van der Waals surface area contributed by atoms with Crippen molar-refractivity contribution in [1.29, 1.82) is 0 Å². The van der Waals surface area contributed by atoms with Crippen molar-refractivity contribution in [3.63, 3.8) is 0 Å². The molecule has 0 spiro atoms. The van der Waals surface area contributed by atoms with Crippen LogP contribution in [0.4, 0.5) is 24.7 Å². The Kier molecular flexibility index (Phi) is 9.93. The van der Waals surface area contributed by atoms with E-state index in [2.05, 4.69) is 35.5 Å². The summed E-state index contributed by atoms with van der Waals surface area (Å²) >= 11 is 0. The summed E-state index contributed by atoms with van der Waals surface area (Å²) in [6.45, 7) is 4.92. The molecule has 1 amide bonds. The normalized spacial score (nSPS) is 14.4. The lowest BCUT2D eigenvalue weighted by molar-refractivity contribution is -0.138. The number of carbonyl (C=O) groups excluding carboxylic acids is 1. The van der Waals surface area contributed by atoms with Crippen LogP contribution in [0.3, 0.4) is 0 Å². The minimum Gasteiger partial charge on any atom is -0.438 e. The van der Waals surface area contributed by atoms with Gasteiger partial charge in [0.1, 0.15) is 11.6 Å². The lowest BCUT2D eigenvalue weighted by Crippen LogP contribution is -2.44. The highest BCUT2D eigenvalue weighted by Gasteiger charge is 2.34. The maximum Gasteiger partial charge on any atom is 0.416 e. The Morgan fingerprint density at radius 2 is 1.87 bits per heavy atom. The third-order valence-corrected chi connectivity index (χ3v) is 7.65. The van der Waals surface area contributed by atoms with Gasteiger partial charge in [-0.1, -0.05) is 12.1 Å². The van der Waals surface area contributed by atoms with Gasteiger partial charge in [0.05, 0.1) is 11.1 Å². The van der Waals surface area contributed by atoms with Gasteiger partial charge in [0, 0.05) is 88.3 Å². The predicted octanol–water partition coefficient (Wildman–Crippen LogP) is 5.75. The van der Waals surface area contributed by atoms with E-state index in [1.54, 1.807) is 57.0 Å². The number of benzene rings is 2. The van der Waals surface area contributed by atoms with Gasteiger partial charge in [-0.3, -0.25) is 19.7 Å². The van der Waals surface area contributed by atoms with E-state index in [9.17, 15) is 18.0 Å². The number of hydrogen-bond donors (Lipinski definition) is 2. The highest BCUT2D eigenvalue weighted by atomic mass is 19.4. The zero-order valence-corrected chi connectivity index (χ0v) is 26.0. The summed E-state index contributed by atoms with van der Waals surface area (Å²) in [6.07, 6.45) is 0.243. The van der Waals surface area contributed by atoms with Crippen LogP contribution in [-0.2, 0) is 12.7 Å². The second-order valence-corrected chi connectivity index (χ2v) is 11.0. The number of hydrogen-bond acceptors (Lipinski definition) is 9. The number of aryl methyl sites for hydroxylation is 1. The zero-order valence-electron chi connectivity index (χ0n) is 26.0. The topological polar surface area (TPSA) is 108 Å². The summed E-state index contributed by atoms with van der Waals surface area (Å²) in [6, 6.07) is 12.3. The Morgan fingerprint density at radius 1 is 1.09 bits per heavy atom. The van der Waals surface area contributed by atoms with Gasteiger partial charge in [-0.2, -0.15) is 18.2 Å². The van der Waals surface area contributed by atoms with Crippen molar-refractivity contribution in [3.8, 4) is 23.0 Å². The second-order valence-electron chi connectivity index (χ2n) is 11.0. The minimum absolute atomic E-state index is 0.102. The van der Waals surface area contributed by atoms with E-state index in [1.165, 1.54) is 12.1 Å². The molecule has 1 aliphatic rings. The molecule has 240 valence electrons. The first-order chi connectivity index (χ1) is 22.0. The minimum atomic E-state index is -4.61. The van der Waals surface area contributed by atoms with Crippen molar-refractivity contribution < 1.29 is 22.7 Å². The molecule has 0 aliphatic carbocycles. The van der Waals surface area contributed by atoms with E-state index >= 15 is 0 Å². The molecule has 0 saturated carbocycles. The summed E-state index contributed by atoms with van der Waals surface area (Å²) in [5.74, 6) is 0.761. The third kappa shape index (κ3) is 7.66. The van der Waals surface area contributed by atoms with Crippen LogP contribution in [0, 0.1) is 6.92 Å². The fourth-order valence-electron chi connectivity index (χ4n) is 5.05. The van der Waals surface area contributed by atoms with Crippen LogP contribution in [0.2, 0.25) is 0 Å². The number of halogens is 3. The molecule has 10 nitrogen and oxygen atoms in total. The monoisotopic (exact) mass is 632 g/mol. The quantitative estimate of drug-likeness (QED) is 0.225. The average molecular weight is 633 g/mol. The van der Waals surface area contributed by atoms with E-state index in [0.717, 1.165) is 24.7 Å². The molecular formula is C33H35F3N8O2. The molecule has 4 aromatic rings. The molecule has 0 bridgehead atoms.